The first-order valence-electron chi connectivity index (χ1n) is 6.52. The van der Waals surface area contributed by atoms with E-state index in [4.69, 9.17) is 0 Å². The molecule has 1 rings (SSSR count). The second-order valence-corrected chi connectivity index (χ2v) is 9.04. The van der Waals surface area contributed by atoms with Crippen LogP contribution in [0.15, 0.2) is 30.6 Å². The summed E-state index contributed by atoms with van der Waals surface area (Å²) in [5.41, 5.74) is -12.4. The number of aromatic nitrogens is 1. The lowest BCUT2D eigenvalue weighted by molar-refractivity contribution is -0.692. The number of hydrogen-bond acceptors (Lipinski definition) is 5. The van der Waals surface area contributed by atoms with Crippen LogP contribution in [0.1, 0.15) is 6.92 Å². The summed E-state index contributed by atoms with van der Waals surface area (Å²) in [5, 5.41) is 0. The maximum Gasteiger partial charge on any atom is 0.480 e. The molecule has 152 valence electrons. The van der Waals surface area contributed by atoms with Crippen molar-refractivity contribution in [3.63, 3.8) is 0 Å². The van der Waals surface area contributed by atoms with Gasteiger partial charge in [0.2, 0.25) is 0 Å². The Balaban J connectivity index is 0.000000502. The van der Waals surface area contributed by atoms with Crippen molar-refractivity contribution in [2.75, 3.05) is 11.5 Å². The zero-order valence-electron chi connectivity index (χ0n) is 13.0. The number of pyridine rings is 1. The number of halogens is 6. The first-order valence-corrected chi connectivity index (χ1v) is 10.6. The van der Waals surface area contributed by atoms with Gasteiger partial charge in [-0.1, -0.05) is 13.0 Å². The lowest BCUT2D eigenvalue weighted by Gasteiger charge is -2.22. The standard InChI is InChI=1S/C9H14NS.C2F6NO4S2/c1-2-11-9-8-10-6-4-3-5-7-10;3-1(4,5)14(10,11)9-15(12,13)2(6,7)8/h3-7H,2,8-9H2,1H3;/q+1;-1. The number of thioether (sulfide) groups is 1. The van der Waals surface area contributed by atoms with E-state index < -0.39 is 31.1 Å². The molecule has 0 aliphatic heterocycles. The predicted molar refractivity (Wildman–Crippen MR) is 82.9 cm³/mol. The summed E-state index contributed by atoms with van der Waals surface area (Å²) in [7, 11) is -13.4. The van der Waals surface area contributed by atoms with Gasteiger partial charge < -0.3 is 4.13 Å². The SMILES string of the molecule is CCSCC[n+]1ccccc1.O=S(=O)([N-]S(=O)(=O)C(F)(F)F)C(F)(F)F. The third-order valence-corrected chi connectivity index (χ3v) is 5.88. The summed E-state index contributed by atoms with van der Waals surface area (Å²) >= 11 is 1.98. The van der Waals surface area contributed by atoms with Crippen LogP contribution in [0, 0.1) is 0 Å². The van der Waals surface area contributed by atoms with Gasteiger partial charge >= 0.3 is 11.0 Å². The van der Waals surface area contributed by atoms with Crippen LogP contribution in [-0.4, -0.2) is 39.4 Å². The van der Waals surface area contributed by atoms with Crippen LogP contribution in [0.25, 0.3) is 4.13 Å². The van der Waals surface area contributed by atoms with E-state index in [1.807, 2.05) is 17.8 Å². The van der Waals surface area contributed by atoms with E-state index >= 15 is 0 Å². The normalized spacial score (nSPS) is 13.0. The van der Waals surface area contributed by atoms with Crippen LogP contribution in [0.2, 0.25) is 0 Å². The third-order valence-electron chi connectivity index (χ3n) is 2.26. The van der Waals surface area contributed by atoms with Gasteiger partial charge in [0.05, 0.1) is 5.75 Å². The molecule has 0 aromatic carbocycles. The molecule has 0 radical (unpaired) electrons. The van der Waals surface area contributed by atoms with E-state index in [0.717, 1.165) is 10.7 Å². The minimum Gasteiger partial charge on any atom is -0.421 e. The Kier molecular flexibility index (Phi) is 9.36. The largest absolute Gasteiger partial charge is 0.480 e. The van der Waals surface area contributed by atoms with E-state index in [1.54, 1.807) is 0 Å². The van der Waals surface area contributed by atoms with Gasteiger partial charge in [0.15, 0.2) is 39.0 Å². The fourth-order valence-electron chi connectivity index (χ4n) is 1.11. The maximum atomic E-state index is 11.4. The van der Waals surface area contributed by atoms with Crippen LogP contribution in [0.4, 0.5) is 26.3 Å². The molecule has 0 fully saturated rings. The number of rotatable bonds is 6. The summed E-state index contributed by atoms with van der Waals surface area (Å²) in [6.07, 6.45) is 4.21. The van der Waals surface area contributed by atoms with Gasteiger partial charge in [-0.05, 0) is 5.75 Å². The van der Waals surface area contributed by atoms with Crippen molar-refractivity contribution in [1.29, 1.82) is 0 Å². The molecule has 0 spiro atoms. The van der Waals surface area contributed by atoms with Crippen LogP contribution in [-0.2, 0) is 26.6 Å². The highest BCUT2D eigenvalue weighted by Crippen LogP contribution is 2.36. The molecular formula is C11H14F6N2O4S3. The van der Waals surface area contributed by atoms with Crippen LogP contribution in [0.5, 0.6) is 0 Å². The monoisotopic (exact) mass is 448 g/mol. The van der Waals surface area contributed by atoms with Crippen molar-refractivity contribution in [1.82, 2.24) is 0 Å². The average molecular weight is 448 g/mol. The van der Waals surface area contributed by atoms with Gasteiger partial charge in [0.1, 0.15) is 0 Å². The number of alkyl halides is 6. The van der Waals surface area contributed by atoms with Gasteiger partial charge in [0.25, 0.3) is 0 Å². The van der Waals surface area contributed by atoms with Crippen molar-refractivity contribution < 1.29 is 47.7 Å². The molecule has 26 heavy (non-hydrogen) atoms. The van der Waals surface area contributed by atoms with Crippen molar-refractivity contribution >= 4 is 31.8 Å². The number of hydrogen-bond donors (Lipinski definition) is 0. The highest BCUT2D eigenvalue weighted by molar-refractivity contribution is 8.13. The molecule has 1 aromatic rings. The molecule has 1 aromatic heterocycles. The quantitative estimate of drug-likeness (QED) is 0.380. The molecule has 0 N–H and O–H groups in total. The molecule has 0 amide bonds. The lowest BCUT2D eigenvalue weighted by atomic mass is 10.5. The van der Waals surface area contributed by atoms with E-state index in [2.05, 4.69) is 36.0 Å². The fraction of sp³-hybridized carbons (Fsp3) is 0.545. The summed E-state index contributed by atoms with van der Waals surface area (Å²) in [6, 6.07) is 6.18. The van der Waals surface area contributed by atoms with Crippen molar-refractivity contribution in [3.8, 4) is 0 Å². The van der Waals surface area contributed by atoms with Gasteiger partial charge in [-0.2, -0.15) is 38.1 Å². The molecule has 0 bridgehead atoms. The summed E-state index contributed by atoms with van der Waals surface area (Å²) in [4.78, 5) is 0. The van der Waals surface area contributed by atoms with Gasteiger partial charge in [0, 0.05) is 12.1 Å². The number of aryl methyl sites for hydroxylation is 1. The average Bonchev–Trinajstić information content (AvgIpc) is 2.46. The summed E-state index contributed by atoms with van der Waals surface area (Å²) < 4.78 is 111. The van der Waals surface area contributed by atoms with E-state index in [1.165, 1.54) is 11.5 Å². The van der Waals surface area contributed by atoms with Crippen LogP contribution < -0.4 is 4.57 Å². The first-order chi connectivity index (χ1) is 11.6. The molecule has 1 heterocycles. The summed E-state index contributed by atoms with van der Waals surface area (Å²) in [5.74, 6) is 2.43. The Hall–Kier alpha value is -1.06. The number of sulfonamides is 2. The maximum absolute atomic E-state index is 11.4. The molecular weight excluding hydrogens is 434 g/mol. The highest BCUT2D eigenvalue weighted by atomic mass is 32.3. The zero-order chi connectivity index (χ0) is 20.6. The van der Waals surface area contributed by atoms with E-state index in [-0.39, 0.29) is 0 Å². The Bertz CT molecular complexity index is 706. The highest BCUT2D eigenvalue weighted by Gasteiger charge is 2.46. The smallest absolute Gasteiger partial charge is 0.421 e. The molecule has 0 saturated heterocycles. The molecule has 0 aliphatic carbocycles. The van der Waals surface area contributed by atoms with E-state index in [9.17, 15) is 43.2 Å². The van der Waals surface area contributed by atoms with Crippen LogP contribution in [0.3, 0.4) is 0 Å². The Morgan fingerprint density at radius 2 is 1.31 bits per heavy atom. The van der Waals surface area contributed by atoms with E-state index in [0.29, 0.717) is 0 Å². The van der Waals surface area contributed by atoms with Gasteiger partial charge in [-0.25, -0.2) is 21.4 Å². The molecule has 0 unspecified atom stereocenters. The Morgan fingerprint density at radius 3 is 1.65 bits per heavy atom. The van der Waals surface area contributed by atoms with Crippen molar-refractivity contribution in [2.45, 2.75) is 24.5 Å². The molecule has 0 saturated carbocycles. The minimum absolute atomic E-state index is 0.778. The molecule has 15 heteroatoms. The molecule has 0 aliphatic rings. The Morgan fingerprint density at radius 1 is 0.885 bits per heavy atom. The second-order valence-electron chi connectivity index (χ2n) is 4.23. The first kappa shape index (κ1) is 24.9. The summed E-state index contributed by atoms with van der Waals surface area (Å²) in [6.45, 7) is 3.32. The second kappa shape index (κ2) is 9.75. The van der Waals surface area contributed by atoms with Gasteiger partial charge in [-0.15, -0.1) is 0 Å². The topological polar surface area (TPSA) is 86.3 Å². The third kappa shape index (κ3) is 8.55. The van der Waals surface area contributed by atoms with Crippen molar-refractivity contribution in [2.24, 2.45) is 0 Å². The van der Waals surface area contributed by atoms with Crippen LogP contribution >= 0.6 is 11.8 Å². The fourth-order valence-corrected chi connectivity index (χ4v) is 3.45. The van der Waals surface area contributed by atoms with Crippen molar-refractivity contribution in [3.05, 3.63) is 34.7 Å². The zero-order valence-corrected chi connectivity index (χ0v) is 15.5. The minimum atomic E-state index is -6.72. The lowest BCUT2D eigenvalue weighted by Crippen LogP contribution is -2.33. The molecule has 0 atom stereocenters. The predicted octanol–water partition coefficient (Wildman–Crippen LogP) is 2.79. The Labute approximate surface area is 150 Å². The number of nitrogens with zero attached hydrogens (tertiary/aromatic N) is 2. The molecule has 6 nitrogen and oxygen atoms in total. The van der Waals surface area contributed by atoms with Gasteiger partial charge in [-0.3, -0.25) is 0 Å².